The Morgan fingerprint density at radius 2 is 1.30 bits per heavy atom. The molecule has 0 aromatic rings. The van der Waals surface area contributed by atoms with E-state index in [4.69, 9.17) is 9.47 Å². The zero-order valence-electron chi connectivity index (χ0n) is 19.5. The van der Waals surface area contributed by atoms with Gasteiger partial charge >= 0.3 is 11.9 Å². The Balaban J connectivity index is -0.00000364. The molecule has 0 saturated carbocycles. The van der Waals surface area contributed by atoms with Crippen LogP contribution >= 0.6 is 0 Å². The second-order valence-electron chi connectivity index (χ2n) is 7.35. The first-order valence-corrected chi connectivity index (χ1v) is 12.0. The average Bonchev–Trinajstić information content (AvgIpc) is 2.65. The van der Waals surface area contributed by atoms with Crippen LogP contribution in [0.25, 0.3) is 0 Å². The molecule has 0 amide bonds. The Bertz CT molecular complexity index is 557. The molecule has 8 nitrogen and oxygen atoms in total. The molecule has 0 aliphatic carbocycles. The van der Waals surface area contributed by atoms with Gasteiger partial charge in [-0.25, -0.2) is 0 Å². The average molecular weight is 463 g/mol. The number of unbranched alkanes of at least 4 members (excludes halogenated alkanes) is 2. The van der Waals surface area contributed by atoms with Crippen molar-refractivity contribution >= 4 is 51.6 Å². The summed E-state index contributed by atoms with van der Waals surface area (Å²) in [6.45, 7) is 8.35. The van der Waals surface area contributed by atoms with Gasteiger partial charge in [-0.05, 0) is 24.7 Å². The van der Waals surface area contributed by atoms with Gasteiger partial charge in [-0.2, -0.15) is 8.42 Å². The number of carbonyl (C=O) groups is 2. The molecule has 4 N–H and O–H groups in total. The van der Waals surface area contributed by atoms with Crippen molar-refractivity contribution in [3.63, 3.8) is 0 Å². The third-order valence-electron chi connectivity index (χ3n) is 5.00. The monoisotopic (exact) mass is 462 g/mol. The fourth-order valence-electron chi connectivity index (χ4n) is 2.82. The molecule has 0 rings (SSSR count). The number of carbonyl (C=O) groups excluding carboxylic acids is 2. The molecule has 10 heteroatoms. The summed E-state index contributed by atoms with van der Waals surface area (Å²) in [5.41, 5.74) is 0. The molecule has 0 spiro atoms. The predicted octanol–water partition coefficient (Wildman–Crippen LogP) is 3.93. The van der Waals surface area contributed by atoms with E-state index in [1.807, 2.05) is 13.8 Å². The first kappa shape index (κ1) is 34.4. The van der Waals surface area contributed by atoms with E-state index in [1.165, 1.54) is 0 Å². The molecule has 0 heterocycles. The van der Waals surface area contributed by atoms with Gasteiger partial charge in [-0.1, -0.05) is 66.2 Å². The van der Waals surface area contributed by atoms with Gasteiger partial charge in [-0.15, -0.1) is 0 Å². The summed E-state index contributed by atoms with van der Waals surface area (Å²) in [5.74, 6) is -1.61. The summed E-state index contributed by atoms with van der Waals surface area (Å²) in [5, 5.41) is -1.95. The summed E-state index contributed by atoms with van der Waals surface area (Å²) in [7, 11) is -4.76. The number of hydrogen-bond donors (Lipinski definition) is 2. The smallest absolute Gasteiger partial charge is 0.327 e. The van der Waals surface area contributed by atoms with Crippen molar-refractivity contribution in [3.8, 4) is 0 Å². The van der Waals surface area contributed by atoms with Gasteiger partial charge < -0.3 is 15.6 Å². The Labute approximate surface area is 204 Å². The maximum Gasteiger partial charge on any atom is 0.327 e. The second kappa shape index (κ2) is 19.5. The molecule has 0 aliphatic rings. The van der Waals surface area contributed by atoms with E-state index in [0.717, 1.165) is 51.4 Å². The molecular weight excluding hydrogens is 421 g/mol. The minimum Gasteiger partial charge on any atom is -0.465 e. The van der Waals surface area contributed by atoms with Crippen molar-refractivity contribution in [2.24, 2.45) is 11.8 Å². The number of ether oxygens (including phenoxy) is 2. The van der Waals surface area contributed by atoms with E-state index in [-0.39, 0.29) is 60.8 Å². The van der Waals surface area contributed by atoms with E-state index in [0.29, 0.717) is 0 Å². The predicted molar refractivity (Wildman–Crippen MR) is 119 cm³/mol. The van der Waals surface area contributed by atoms with Crippen molar-refractivity contribution in [1.29, 1.82) is 0 Å². The van der Waals surface area contributed by atoms with Crippen molar-refractivity contribution in [2.45, 2.75) is 90.7 Å². The number of esters is 2. The summed E-state index contributed by atoms with van der Waals surface area (Å²) in [6.07, 6.45) is 6.74. The zero-order chi connectivity index (χ0) is 21.6. The molecule has 0 aromatic heterocycles. The summed E-state index contributed by atoms with van der Waals surface area (Å²) < 4.78 is 42.8. The molecule has 0 aromatic carbocycles. The SMILES string of the molecule is CCCCC(CC)COC(=O)CC(C(=O)OCC(CC)CCCC)S(=O)(=O)O.N.[Na]. The van der Waals surface area contributed by atoms with Gasteiger partial charge in [0.1, 0.15) is 0 Å². The number of rotatable bonds is 16. The summed E-state index contributed by atoms with van der Waals surface area (Å²) >= 11 is 0. The van der Waals surface area contributed by atoms with Gasteiger partial charge in [0, 0.05) is 29.6 Å². The van der Waals surface area contributed by atoms with Crippen molar-refractivity contribution in [1.82, 2.24) is 6.15 Å². The fourth-order valence-corrected chi connectivity index (χ4v) is 3.48. The molecular formula is C20H41NNaO7S. The van der Waals surface area contributed by atoms with Gasteiger partial charge in [0.25, 0.3) is 10.1 Å². The first-order valence-electron chi connectivity index (χ1n) is 10.5. The normalized spacial score (nSPS) is 13.9. The van der Waals surface area contributed by atoms with Crippen LogP contribution in [0.2, 0.25) is 0 Å². The molecule has 0 aliphatic heterocycles. The van der Waals surface area contributed by atoms with Crippen LogP contribution in [-0.4, -0.2) is 72.9 Å². The molecule has 0 bridgehead atoms. The van der Waals surface area contributed by atoms with E-state index >= 15 is 0 Å². The fraction of sp³-hybridized carbons (Fsp3) is 0.900. The topological polar surface area (TPSA) is 142 Å². The second-order valence-corrected chi connectivity index (χ2v) is 8.95. The molecule has 1 radical (unpaired) electrons. The Hall–Kier alpha value is -0.190. The standard InChI is InChI=1S/C20H38O7S.H3N.Na/c1-5-9-11-16(7-3)14-26-19(21)13-18(28(23,24)25)20(22)27-15-17(8-4)12-10-6-2;;/h16-18H,5-15H2,1-4H3,(H,23,24,25);1H3;. The Morgan fingerprint density at radius 3 is 1.67 bits per heavy atom. The molecule has 3 atom stereocenters. The third-order valence-corrected chi connectivity index (χ3v) is 6.08. The molecule has 175 valence electrons. The molecule has 3 unspecified atom stereocenters. The van der Waals surface area contributed by atoms with Crippen molar-refractivity contribution in [3.05, 3.63) is 0 Å². The molecule has 0 fully saturated rings. The van der Waals surface area contributed by atoms with Crippen LogP contribution in [0.5, 0.6) is 0 Å². The van der Waals surface area contributed by atoms with Crippen LogP contribution in [0.4, 0.5) is 0 Å². The maximum atomic E-state index is 12.2. The van der Waals surface area contributed by atoms with Gasteiger partial charge in [0.15, 0.2) is 5.25 Å². The van der Waals surface area contributed by atoms with E-state index in [9.17, 15) is 22.6 Å². The van der Waals surface area contributed by atoms with E-state index in [1.54, 1.807) is 0 Å². The summed E-state index contributed by atoms with van der Waals surface area (Å²) in [4.78, 5) is 24.2. The van der Waals surface area contributed by atoms with E-state index < -0.39 is 33.7 Å². The first-order chi connectivity index (χ1) is 13.2. The van der Waals surface area contributed by atoms with Crippen LogP contribution in [-0.2, 0) is 29.2 Å². The minimum absolute atomic E-state index is 0. The maximum absolute atomic E-state index is 12.2. The van der Waals surface area contributed by atoms with E-state index in [2.05, 4.69) is 13.8 Å². The zero-order valence-corrected chi connectivity index (χ0v) is 22.3. The Kier molecular flexibility index (Phi) is 22.4. The van der Waals surface area contributed by atoms with Crippen molar-refractivity contribution < 1.29 is 32.0 Å². The van der Waals surface area contributed by atoms with Gasteiger partial charge in [-0.3, -0.25) is 14.1 Å². The largest absolute Gasteiger partial charge is 0.465 e. The quantitative estimate of drug-likeness (QED) is 0.199. The summed E-state index contributed by atoms with van der Waals surface area (Å²) in [6, 6.07) is 0. The third kappa shape index (κ3) is 15.6. The van der Waals surface area contributed by atoms with Gasteiger partial charge in [0.05, 0.1) is 19.6 Å². The number of hydrogen-bond acceptors (Lipinski definition) is 7. The van der Waals surface area contributed by atoms with Crippen LogP contribution in [0.1, 0.15) is 85.5 Å². The Morgan fingerprint density at radius 1 is 0.867 bits per heavy atom. The molecule has 30 heavy (non-hydrogen) atoms. The van der Waals surface area contributed by atoms with Crippen LogP contribution in [0, 0.1) is 11.8 Å². The van der Waals surface area contributed by atoms with Crippen molar-refractivity contribution in [2.75, 3.05) is 13.2 Å². The minimum atomic E-state index is -4.76. The van der Waals surface area contributed by atoms with Crippen LogP contribution in [0.3, 0.4) is 0 Å². The molecule has 0 saturated heterocycles. The van der Waals surface area contributed by atoms with Crippen LogP contribution in [0.15, 0.2) is 0 Å². The van der Waals surface area contributed by atoms with Gasteiger partial charge in [0.2, 0.25) is 0 Å². The van der Waals surface area contributed by atoms with Crippen LogP contribution < -0.4 is 6.15 Å².